The number of rotatable bonds is 5. The number of hydrogen-bond donors (Lipinski definition) is 1. The standard InChI is InChI=1S/C23H22N4O5/c1-16(28)25-12-14-26(15-13-25)20-9-5-3-7-18(20)24-23(29)22-11-10-21(32-22)17-6-2-4-8-19(17)27(30)31/h2-11H,12-15H2,1H3,(H,24,29). The van der Waals surface area contributed by atoms with Gasteiger partial charge in [-0.1, -0.05) is 24.3 Å². The maximum atomic E-state index is 12.8. The molecule has 0 unspecified atom stereocenters. The smallest absolute Gasteiger partial charge is 0.291 e. The number of carbonyl (C=O) groups is 2. The van der Waals surface area contributed by atoms with E-state index in [2.05, 4.69) is 10.2 Å². The number of nitrogens with zero attached hydrogens (tertiary/aromatic N) is 3. The number of furan rings is 1. The first kappa shape index (κ1) is 21.1. The minimum atomic E-state index is -0.486. The summed E-state index contributed by atoms with van der Waals surface area (Å²) in [5.41, 5.74) is 1.69. The Labute approximate surface area is 184 Å². The molecule has 4 rings (SSSR count). The fourth-order valence-corrected chi connectivity index (χ4v) is 3.75. The van der Waals surface area contributed by atoms with Gasteiger partial charge in [0, 0.05) is 39.2 Å². The van der Waals surface area contributed by atoms with E-state index in [0.29, 0.717) is 37.4 Å². The molecule has 9 nitrogen and oxygen atoms in total. The number of carbonyl (C=O) groups excluding carboxylic acids is 2. The molecule has 2 heterocycles. The molecule has 0 radical (unpaired) electrons. The number of amides is 2. The van der Waals surface area contributed by atoms with Crippen molar-refractivity contribution in [2.45, 2.75) is 6.92 Å². The number of piperazine rings is 1. The topological polar surface area (TPSA) is 109 Å². The summed E-state index contributed by atoms with van der Waals surface area (Å²) in [6.45, 7) is 4.12. The van der Waals surface area contributed by atoms with Gasteiger partial charge in [-0.3, -0.25) is 19.7 Å². The third kappa shape index (κ3) is 4.31. The Kier molecular flexibility index (Phi) is 5.89. The lowest BCUT2D eigenvalue weighted by Gasteiger charge is -2.36. The van der Waals surface area contributed by atoms with Gasteiger partial charge in [-0.2, -0.15) is 0 Å². The van der Waals surface area contributed by atoms with E-state index in [1.807, 2.05) is 18.2 Å². The van der Waals surface area contributed by atoms with Crippen molar-refractivity contribution in [3.05, 3.63) is 76.5 Å². The van der Waals surface area contributed by atoms with Crippen LogP contribution in [-0.2, 0) is 4.79 Å². The Morgan fingerprint density at radius 1 is 0.969 bits per heavy atom. The minimum absolute atomic E-state index is 0.0503. The van der Waals surface area contributed by atoms with Crippen molar-refractivity contribution in [2.24, 2.45) is 0 Å². The summed E-state index contributed by atoms with van der Waals surface area (Å²) < 4.78 is 5.65. The molecule has 2 aromatic carbocycles. The van der Waals surface area contributed by atoms with Crippen LogP contribution in [0.3, 0.4) is 0 Å². The van der Waals surface area contributed by atoms with Crippen molar-refractivity contribution < 1.29 is 18.9 Å². The fourth-order valence-electron chi connectivity index (χ4n) is 3.75. The predicted molar refractivity (Wildman–Crippen MR) is 120 cm³/mol. The third-order valence-electron chi connectivity index (χ3n) is 5.41. The summed E-state index contributed by atoms with van der Waals surface area (Å²) in [6.07, 6.45) is 0. The summed E-state index contributed by atoms with van der Waals surface area (Å²) in [7, 11) is 0. The van der Waals surface area contributed by atoms with Crippen molar-refractivity contribution in [1.29, 1.82) is 0 Å². The molecule has 1 aliphatic rings. The van der Waals surface area contributed by atoms with Crippen LogP contribution < -0.4 is 10.2 Å². The quantitative estimate of drug-likeness (QED) is 0.484. The number of para-hydroxylation sites is 3. The number of hydrogen-bond acceptors (Lipinski definition) is 6. The molecule has 0 aliphatic carbocycles. The highest BCUT2D eigenvalue weighted by molar-refractivity contribution is 6.04. The highest BCUT2D eigenvalue weighted by Gasteiger charge is 2.23. The van der Waals surface area contributed by atoms with E-state index in [-0.39, 0.29) is 23.1 Å². The third-order valence-corrected chi connectivity index (χ3v) is 5.41. The van der Waals surface area contributed by atoms with Gasteiger partial charge in [-0.05, 0) is 30.3 Å². The Morgan fingerprint density at radius 2 is 1.66 bits per heavy atom. The number of nitro groups is 1. The molecule has 0 atom stereocenters. The van der Waals surface area contributed by atoms with E-state index >= 15 is 0 Å². The number of nitrogens with one attached hydrogen (secondary N) is 1. The molecule has 0 bridgehead atoms. The zero-order valence-corrected chi connectivity index (χ0v) is 17.5. The zero-order valence-electron chi connectivity index (χ0n) is 17.5. The Balaban J connectivity index is 1.52. The minimum Gasteiger partial charge on any atom is -0.451 e. The highest BCUT2D eigenvalue weighted by Crippen LogP contribution is 2.32. The van der Waals surface area contributed by atoms with Crippen molar-refractivity contribution >= 4 is 28.9 Å². The molecule has 2 amide bonds. The van der Waals surface area contributed by atoms with Gasteiger partial charge in [0.1, 0.15) is 5.76 Å². The van der Waals surface area contributed by atoms with Crippen LogP contribution in [0.25, 0.3) is 11.3 Å². The molecule has 164 valence electrons. The van der Waals surface area contributed by atoms with Gasteiger partial charge in [0.15, 0.2) is 5.76 Å². The molecule has 9 heteroatoms. The van der Waals surface area contributed by atoms with Crippen LogP contribution in [0.4, 0.5) is 17.1 Å². The van der Waals surface area contributed by atoms with Gasteiger partial charge in [-0.25, -0.2) is 0 Å². The van der Waals surface area contributed by atoms with Crippen molar-refractivity contribution in [3.63, 3.8) is 0 Å². The van der Waals surface area contributed by atoms with E-state index in [1.165, 1.54) is 12.1 Å². The van der Waals surface area contributed by atoms with Crippen LogP contribution in [-0.4, -0.2) is 47.8 Å². The van der Waals surface area contributed by atoms with E-state index in [0.717, 1.165) is 5.69 Å². The highest BCUT2D eigenvalue weighted by atomic mass is 16.6. The largest absolute Gasteiger partial charge is 0.451 e. The summed E-state index contributed by atoms with van der Waals surface area (Å²) in [4.78, 5) is 39.1. The fraction of sp³-hybridized carbons (Fsp3) is 0.217. The molecule has 0 saturated carbocycles. The van der Waals surface area contributed by atoms with Gasteiger partial charge >= 0.3 is 0 Å². The Hall–Kier alpha value is -4.14. The molecular formula is C23H22N4O5. The average molecular weight is 434 g/mol. The van der Waals surface area contributed by atoms with E-state index < -0.39 is 10.8 Å². The van der Waals surface area contributed by atoms with Crippen LogP contribution in [0.15, 0.2) is 65.1 Å². The summed E-state index contributed by atoms with van der Waals surface area (Å²) in [5.74, 6) is -0.103. The normalized spacial score (nSPS) is 13.7. The zero-order chi connectivity index (χ0) is 22.7. The maximum Gasteiger partial charge on any atom is 0.291 e. The first-order valence-corrected chi connectivity index (χ1v) is 10.2. The molecule has 0 spiro atoms. The van der Waals surface area contributed by atoms with E-state index in [4.69, 9.17) is 4.42 Å². The molecule has 3 aromatic rings. The SMILES string of the molecule is CC(=O)N1CCN(c2ccccc2NC(=O)c2ccc(-c3ccccc3[N+](=O)[O-])o2)CC1. The van der Waals surface area contributed by atoms with Gasteiger partial charge in [0.25, 0.3) is 11.6 Å². The lowest BCUT2D eigenvalue weighted by atomic mass is 10.1. The number of anilines is 2. The predicted octanol–water partition coefficient (Wildman–Crippen LogP) is 3.78. The molecular weight excluding hydrogens is 412 g/mol. The van der Waals surface area contributed by atoms with Gasteiger partial charge < -0.3 is 19.5 Å². The van der Waals surface area contributed by atoms with Crippen molar-refractivity contribution in [2.75, 3.05) is 36.4 Å². The van der Waals surface area contributed by atoms with Crippen molar-refractivity contribution in [3.8, 4) is 11.3 Å². The van der Waals surface area contributed by atoms with Crippen LogP contribution in [0.5, 0.6) is 0 Å². The molecule has 1 aliphatic heterocycles. The van der Waals surface area contributed by atoms with Gasteiger partial charge in [0.2, 0.25) is 5.91 Å². The number of nitro benzene ring substituents is 1. The molecule has 1 aromatic heterocycles. The molecule has 1 fully saturated rings. The number of benzene rings is 2. The van der Waals surface area contributed by atoms with E-state index in [9.17, 15) is 19.7 Å². The van der Waals surface area contributed by atoms with Crippen LogP contribution in [0.2, 0.25) is 0 Å². The van der Waals surface area contributed by atoms with Crippen molar-refractivity contribution in [1.82, 2.24) is 4.90 Å². The van der Waals surface area contributed by atoms with Crippen LogP contribution in [0.1, 0.15) is 17.5 Å². The molecule has 32 heavy (non-hydrogen) atoms. The van der Waals surface area contributed by atoms with Gasteiger partial charge in [-0.15, -0.1) is 0 Å². The molecule has 1 saturated heterocycles. The lowest BCUT2D eigenvalue weighted by molar-refractivity contribution is -0.384. The Bertz CT molecular complexity index is 1160. The average Bonchev–Trinajstić information content (AvgIpc) is 3.30. The lowest BCUT2D eigenvalue weighted by Crippen LogP contribution is -2.48. The van der Waals surface area contributed by atoms with Gasteiger partial charge in [0.05, 0.1) is 21.9 Å². The monoisotopic (exact) mass is 434 g/mol. The second-order valence-corrected chi connectivity index (χ2v) is 7.40. The second-order valence-electron chi connectivity index (χ2n) is 7.40. The van der Waals surface area contributed by atoms with Crippen LogP contribution >= 0.6 is 0 Å². The first-order chi connectivity index (χ1) is 15.4. The maximum absolute atomic E-state index is 12.8. The van der Waals surface area contributed by atoms with E-state index in [1.54, 1.807) is 42.2 Å². The molecule has 1 N–H and O–H groups in total. The second kappa shape index (κ2) is 8.93. The van der Waals surface area contributed by atoms with Crippen LogP contribution in [0, 0.1) is 10.1 Å². The summed E-state index contributed by atoms with van der Waals surface area (Å²) in [6, 6.07) is 16.7. The Morgan fingerprint density at radius 3 is 2.38 bits per heavy atom. The summed E-state index contributed by atoms with van der Waals surface area (Å²) in [5, 5.41) is 14.2. The first-order valence-electron chi connectivity index (χ1n) is 10.2. The summed E-state index contributed by atoms with van der Waals surface area (Å²) >= 11 is 0.